The lowest BCUT2D eigenvalue weighted by Gasteiger charge is -2.20. The van der Waals surface area contributed by atoms with E-state index in [9.17, 15) is 14.4 Å². The first-order valence-electron chi connectivity index (χ1n) is 9.19. The molecule has 29 heavy (non-hydrogen) atoms. The molecule has 0 bridgehead atoms. The lowest BCUT2D eigenvalue weighted by molar-refractivity contribution is -0.154. The number of carbonyl (C=O) groups is 3. The summed E-state index contributed by atoms with van der Waals surface area (Å²) in [6.07, 6.45) is 0.567. The van der Waals surface area contributed by atoms with Gasteiger partial charge in [-0.25, -0.2) is 9.59 Å². The van der Waals surface area contributed by atoms with Crippen LogP contribution in [0.25, 0.3) is 0 Å². The molecule has 0 aliphatic rings. The zero-order valence-electron chi connectivity index (χ0n) is 17.0. The van der Waals surface area contributed by atoms with Gasteiger partial charge >= 0.3 is 12.0 Å². The number of nitrogens with one attached hydrogen (secondary N) is 2. The van der Waals surface area contributed by atoms with Gasteiger partial charge in [0.2, 0.25) is 0 Å². The normalized spacial score (nSPS) is 12.0. The summed E-state index contributed by atoms with van der Waals surface area (Å²) in [6, 6.07) is 10.1. The van der Waals surface area contributed by atoms with Crippen LogP contribution in [0, 0.1) is 0 Å². The molecule has 2 rings (SSSR count). The SMILES string of the molecule is C[C@@H](Oc1ccc(C(C)(C)C)cc1)C(=O)OCC(=O)NC(=O)NCc1ccco1. The van der Waals surface area contributed by atoms with Gasteiger partial charge in [0.1, 0.15) is 11.5 Å². The van der Waals surface area contributed by atoms with Crippen molar-refractivity contribution < 1.29 is 28.3 Å². The minimum absolute atomic E-state index is 0.0146. The molecule has 8 nitrogen and oxygen atoms in total. The van der Waals surface area contributed by atoms with E-state index in [4.69, 9.17) is 13.9 Å². The van der Waals surface area contributed by atoms with Gasteiger partial charge in [-0.1, -0.05) is 32.9 Å². The highest BCUT2D eigenvalue weighted by Crippen LogP contribution is 2.24. The molecule has 0 aliphatic heterocycles. The third kappa shape index (κ3) is 7.33. The molecule has 2 N–H and O–H groups in total. The Morgan fingerprint density at radius 3 is 2.38 bits per heavy atom. The van der Waals surface area contributed by atoms with Crippen molar-refractivity contribution in [1.82, 2.24) is 10.6 Å². The highest BCUT2D eigenvalue weighted by molar-refractivity contribution is 5.95. The summed E-state index contributed by atoms with van der Waals surface area (Å²) in [5, 5.41) is 4.50. The van der Waals surface area contributed by atoms with Crippen LogP contribution < -0.4 is 15.4 Å². The number of furan rings is 1. The molecule has 1 aromatic carbocycles. The van der Waals surface area contributed by atoms with E-state index < -0.39 is 30.6 Å². The summed E-state index contributed by atoms with van der Waals surface area (Å²) in [6.45, 7) is 7.37. The topological polar surface area (TPSA) is 107 Å². The minimum atomic E-state index is -0.906. The first-order chi connectivity index (χ1) is 13.6. The van der Waals surface area contributed by atoms with E-state index in [0.29, 0.717) is 11.5 Å². The van der Waals surface area contributed by atoms with E-state index in [-0.39, 0.29) is 12.0 Å². The number of carbonyl (C=O) groups excluding carboxylic acids is 3. The van der Waals surface area contributed by atoms with Gasteiger partial charge in [0.15, 0.2) is 12.7 Å². The van der Waals surface area contributed by atoms with Crippen molar-refractivity contribution in [2.75, 3.05) is 6.61 Å². The van der Waals surface area contributed by atoms with Gasteiger partial charge in [0, 0.05) is 0 Å². The molecule has 0 spiro atoms. The number of benzene rings is 1. The van der Waals surface area contributed by atoms with Crippen LogP contribution in [0.4, 0.5) is 4.79 Å². The van der Waals surface area contributed by atoms with Crippen LogP contribution in [0.1, 0.15) is 39.0 Å². The fraction of sp³-hybridized carbons (Fsp3) is 0.381. The van der Waals surface area contributed by atoms with Gasteiger partial charge in [0.05, 0.1) is 12.8 Å². The molecule has 3 amide bonds. The number of imide groups is 1. The molecule has 0 radical (unpaired) electrons. The van der Waals surface area contributed by atoms with Crippen LogP contribution in [-0.4, -0.2) is 30.6 Å². The van der Waals surface area contributed by atoms with Crippen LogP contribution in [-0.2, 0) is 26.3 Å². The largest absolute Gasteiger partial charge is 0.479 e. The molecule has 8 heteroatoms. The molecular formula is C21H26N2O6. The number of urea groups is 1. The maximum Gasteiger partial charge on any atom is 0.347 e. The Morgan fingerprint density at radius 1 is 1.10 bits per heavy atom. The van der Waals surface area contributed by atoms with Gasteiger partial charge in [0.25, 0.3) is 5.91 Å². The molecule has 1 heterocycles. The summed E-state index contributed by atoms with van der Waals surface area (Å²) in [5.41, 5.74) is 1.16. The van der Waals surface area contributed by atoms with E-state index in [1.165, 1.54) is 13.2 Å². The number of hydrogen-bond acceptors (Lipinski definition) is 6. The Kier molecular flexibility index (Phi) is 7.41. The van der Waals surface area contributed by atoms with Crippen molar-refractivity contribution >= 4 is 17.9 Å². The molecule has 0 unspecified atom stereocenters. The van der Waals surface area contributed by atoms with E-state index in [1.54, 1.807) is 24.3 Å². The number of hydrogen-bond donors (Lipinski definition) is 2. The van der Waals surface area contributed by atoms with Crippen LogP contribution in [0.3, 0.4) is 0 Å². The number of ether oxygens (including phenoxy) is 2. The quantitative estimate of drug-likeness (QED) is 0.690. The molecule has 2 aromatic rings. The second kappa shape index (κ2) is 9.77. The van der Waals surface area contributed by atoms with Crippen molar-refractivity contribution in [2.45, 2.75) is 45.8 Å². The van der Waals surface area contributed by atoms with Gasteiger partial charge < -0.3 is 19.2 Å². The smallest absolute Gasteiger partial charge is 0.347 e. The predicted octanol–water partition coefficient (Wildman–Crippen LogP) is 2.91. The summed E-state index contributed by atoms with van der Waals surface area (Å²) in [5.74, 6) is -0.405. The first kappa shape index (κ1) is 22.0. The maximum absolute atomic E-state index is 12.0. The molecular weight excluding hydrogens is 376 g/mol. The highest BCUT2D eigenvalue weighted by Gasteiger charge is 2.19. The van der Waals surface area contributed by atoms with E-state index in [1.807, 2.05) is 12.1 Å². The summed E-state index contributed by atoms with van der Waals surface area (Å²) in [4.78, 5) is 35.3. The average Bonchev–Trinajstić information content (AvgIpc) is 3.17. The van der Waals surface area contributed by atoms with Crippen LogP contribution in [0.5, 0.6) is 5.75 Å². The van der Waals surface area contributed by atoms with Crippen LogP contribution >= 0.6 is 0 Å². The second-order valence-electron chi connectivity index (χ2n) is 7.45. The van der Waals surface area contributed by atoms with Crippen molar-refractivity contribution in [3.63, 3.8) is 0 Å². The van der Waals surface area contributed by atoms with Crippen LogP contribution in [0.2, 0.25) is 0 Å². The summed E-state index contributed by atoms with van der Waals surface area (Å²) < 4.78 is 15.5. The monoisotopic (exact) mass is 402 g/mol. The average molecular weight is 402 g/mol. The Labute approximate surface area is 169 Å². The van der Waals surface area contributed by atoms with E-state index in [2.05, 4.69) is 31.4 Å². The first-order valence-corrected chi connectivity index (χ1v) is 9.19. The predicted molar refractivity (Wildman–Crippen MR) is 105 cm³/mol. The molecule has 1 atom stereocenters. The summed E-state index contributed by atoms with van der Waals surface area (Å²) >= 11 is 0. The Morgan fingerprint density at radius 2 is 1.79 bits per heavy atom. The van der Waals surface area contributed by atoms with Crippen molar-refractivity contribution in [3.8, 4) is 5.75 Å². The van der Waals surface area contributed by atoms with E-state index >= 15 is 0 Å². The molecule has 0 saturated heterocycles. The lowest BCUT2D eigenvalue weighted by atomic mass is 9.87. The number of amides is 3. The standard InChI is InChI=1S/C21H26N2O6/c1-14(29-16-9-7-15(8-10-16)21(2,3)4)19(25)28-13-18(24)23-20(26)22-12-17-6-5-11-27-17/h5-11,14H,12-13H2,1-4H3,(H2,22,23,24,26)/t14-/m1/s1. The van der Waals surface area contributed by atoms with Crippen molar-refractivity contribution in [1.29, 1.82) is 0 Å². The van der Waals surface area contributed by atoms with Gasteiger partial charge in [-0.05, 0) is 42.2 Å². The molecule has 156 valence electrons. The summed E-state index contributed by atoms with van der Waals surface area (Å²) in [7, 11) is 0. The number of esters is 1. The van der Waals surface area contributed by atoms with Gasteiger partial charge in [-0.2, -0.15) is 0 Å². The molecule has 1 aromatic heterocycles. The lowest BCUT2D eigenvalue weighted by Crippen LogP contribution is -2.41. The third-order valence-electron chi connectivity index (χ3n) is 3.97. The minimum Gasteiger partial charge on any atom is -0.479 e. The molecule has 0 fully saturated rings. The fourth-order valence-electron chi connectivity index (χ4n) is 2.33. The maximum atomic E-state index is 12.0. The second-order valence-corrected chi connectivity index (χ2v) is 7.45. The third-order valence-corrected chi connectivity index (χ3v) is 3.97. The highest BCUT2D eigenvalue weighted by atomic mass is 16.6. The van der Waals surface area contributed by atoms with Gasteiger partial charge in [-0.3, -0.25) is 10.1 Å². The molecule has 0 aliphatic carbocycles. The Hall–Kier alpha value is -3.29. The zero-order valence-corrected chi connectivity index (χ0v) is 17.0. The Bertz CT molecular complexity index is 822. The fourth-order valence-corrected chi connectivity index (χ4v) is 2.33. The van der Waals surface area contributed by atoms with Crippen molar-refractivity contribution in [3.05, 3.63) is 54.0 Å². The zero-order chi connectivity index (χ0) is 21.4. The van der Waals surface area contributed by atoms with E-state index in [0.717, 1.165) is 5.56 Å². The Balaban J connectivity index is 1.71. The van der Waals surface area contributed by atoms with Crippen LogP contribution in [0.15, 0.2) is 47.1 Å². The van der Waals surface area contributed by atoms with Crippen molar-refractivity contribution in [2.24, 2.45) is 0 Å². The number of rotatable bonds is 7. The van der Waals surface area contributed by atoms with Gasteiger partial charge in [-0.15, -0.1) is 0 Å². The molecule has 0 saturated carbocycles.